The summed E-state index contributed by atoms with van der Waals surface area (Å²) in [6, 6.07) is 8.54. The van der Waals surface area contributed by atoms with Gasteiger partial charge in [0.1, 0.15) is 0 Å². The summed E-state index contributed by atoms with van der Waals surface area (Å²) in [4.78, 5) is 8.69. The van der Waals surface area contributed by atoms with Crippen LogP contribution in [0, 0.1) is 6.92 Å². The van der Waals surface area contributed by atoms with Gasteiger partial charge in [-0.1, -0.05) is 39.0 Å². The summed E-state index contributed by atoms with van der Waals surface area (Å²) in [7, 11) is 0. The fourth-order valence-corrected chi connectivity index (χ4v) is 1.82. The van der Waals surface area contributed by atoms with Crippen molar-refractivity contribution in [3.05, 3.63) is 47.9 Å². The first kappa shape index (κ1) is 11.8. The number of aromatic nitrogens is 2. The summed E-state index contributed by atoms with van der Waals surface area (Å²) in [5.74, 6) is 0. The Hall–Kier alpha value is -1.70. The predicted octanol–water partition coefficient (Wildman–Crippen LogP) is 3.75. The summed E-state index contributed by atoms with van der Waals surface area (Å²) in [6.45, 7) is 8.65. The summed E-state index contributed by atoms with van der Waals surface area (Å²) in [6.07, 6.45) is 3.47. The van der Waals surface area contributed by atoms with E-state index in [-0.39, 0.29) is 5.41 Å². The Bertz CT molecular complexity index is 524. The third kappa shape index (κ3) is 2.52. The first-order valence-electron chi connectivity index (χ1n) is 5.87. The maximum atomic E-state index is 4.41. The molecular formula is C15H18N2. The van der Waals surface area contributed by atoms with Crippen LogP contribution in [-0.2, 0) is 5.41 Å². The minimum Gasteiger partial charge on any atom is -0.258 e. The van der Waals surface area contributed by atoms with Gasteiger partial charge in [-0.05, 0) is 24.0 Å². The van der Waals surface area contributed by atoms with E-state index in [0.717, 1.165) is 17.0 Å². The molecule has 0 amide bonds. The number of aryl methyl sites for hydroxylation is 1. The number of benzene rings is 1. The Balaban J connectivity index is 2.51. The predicted molar refractivity (Wildman–Crippen MR) is 70.9 cm³/mol. The van der Waals surface area contributed by atoms with E-state index >= 15 is 0 Å². The van der Waals surface area contributed by atoms with Gasteiger partial charge in [-0.25, -0.2) is 0 Å². The van der Waals surface area contributed by atoms with Crippen LogP contribution >= 0.6 is 0 Å². The van der Waals surface area contributed by atoms with Gasteiger partial charge in [-0.15, -0.1) is 0 Å². The Morgan fingerprint density at radius 1 is 1.00 bits per heavy atom. The van der Waals surface area contributed by atoms with Gasteiger partial charge in [-0.2, -0.15) is 0 Å². The maximum Gasteiger partial charge on any atom is 0.0914 e. The van der Waals surface area contributed by atoms with Crippen molar-refractivity contribution >= 4 is 0 Å². The van der Waals surface area contributed by atoms with E-state index < -0.39 is 0 Å². The molecule has 17 heavy (non-hydrogen) atoms. The Morgan fingerprint density at radius 2 is 1.71 bits per heavy atom. The second kappa shape index (κ2) is 4.28. The van der Waals surface area contributed by atoms with Gasteiger partial charge in [-0.3, -0.25) is 9.97 Å². The maximum absolute atomic E-state index is 4.41. The van der Waals surface area contributed by atoms with E-state index in [1.54, 1.807) is 12.4 Å². The van der Waals surface area contributed by atoms with Crippen LogP contribution in [-0.4, -0.2) is 9.97 Å². The van der Waals surface area contributed by atoms with E-state index in [2.05, 4.69) is 55.0 Å². The van der Waals surface area contributed by atoms with Crippen molar-refractivity contribution in [3.63, 3.8) is 0 Å². The third-order valence-electron chi connectivity index (χ3n) is 2.88. The van der Waals surface area contributed by atoms with Crippen molar-refractivity contribution in [2.24, 2.45) is 0 Å². The number of rotatable bonds is 1. The minimum atomic E-state index is 0.159. The van der Waals surface area contributed by atoms with Crippen LogP contribution in [0.2, 0.25) is 0 Å². The number of nitrogens with zero attached hydrogens (tertiary/aromatic N) is 2. The van der Waals surface area contributed by atoms with Gasteiger partial charge in [0.05, 0.1) is 11.4 Å². The van der Waals surface area contributed by atoms with Crippen LogP contribution in [0.1, 0.15) is 32.0 Å². The second-order valence-corrected chi connectivity index (χ2v) is 5.32. The molecule has 0 aliphatic carbocycles. The molecule has 0 saturated heterocycles. The molecule has 0 aliphatic heterocycles. The fourth-order valence-electron chi connectivity index (χ4n) is 1.82. The van der Waals surface area contributed by atoms with Crippen molar-refractivity contribution in [2.75, 3.05) is 0 Å². The summed E-state index contributed by atoms with van der Waals surface area (Å²) >= 11 is 0. The number of hydrogen-bond donors (Lipinski definition) is 0. The molecule has 0 saturated carbocycles. The first-order valence-corrected chi connectivity index (χ1v) is 5.87. The lowest BCUT2D eigenvalue weighted by Crippen LogP contribution is -2.10. The van der Waals surface area contributed by atoms with Crippen LogP contribution in [0.5, 0.6) is 0 Å². The quantitative estimate of drug-likeness (QED) is 0.740. The van der Waals surface area contributed by atoms with E-state index in [4.69, 9.17) is 0 Å². The van der Waals surface area contributed by atoms with E-state index in [1.165, 1.54) is 5.56 Å². The largest absolute Gasteiger partial charge is 0.258 e. The Morgan fingerprint density at radius 3 is 2.35 bits per heavy atom. The van der Waals surface area contributed by atoms with Crippen LogP contribution in [0.15, 0.2) is 36.7 Å². The average Bonchev–Trinajstić information content (AvgIpc) is 2.29. The lowest BCUT2D eigenvalue weighted by atomic mass is 9.86. The second-order valence-electron chi connectivity index (χ2n) is 5.32. The highest BCUT2D eigenvalue weighted by Crippen LogP contribution is 2.27. The van der Waals surface area contributed by atoms with Crippen LogP contribution in [0.4, 0.5) is 0 Å². The van der Waals surface area contributed by atoms with E-state index in [0.29, 0.717) is 0 Å². The molecule has 0 bridgehead atoms. The molecule has 0 unspecified atom stereocenters. The molecular weight excluding hydrogens is 208 g/mol. The van der Waals surface area contributed by atoms with Gasteiger partial charge in [0, 0.05) is 18.0 Å². The molecule has 2 heteroatoms. The van der Waals surface area contributed by atoms with Gasteiger partial charge in [0.2, 0.25) is 0 Å². The lowest BCUT2D eigenvalue weighted by Gasteiger charge is -2.19. The van der Waals surface area contributed by atoms with Crippen molar-refractivity contribution in [2.45, 2.75) is 33.1 Å². The monoisotopic (exact) mass is 226 g/mol. The molecule has 0 fully saturated rings. The van der Waals surface area contributed by atoms with Gasteiger partial charge in [0.25, 0.3) is 0 Å². The molecule has 2 aromatic rings. The summed E-state index contributed by atoms with van der Waals surface area (Å²) in [5, 5.41) is 0. The minimum absolute atomic E-state index is 0.159. The van der Waals surface area contributed by atoms with Crippen molar-refractivity contribution < 1.29 is 0 Å². The highest BCUT2D eigenvalue weighted by Gasteiger charge is 2.14. The highest BCUT2D eigenvalue weighted by atomic mass is 14.8. The molecule has 0 atom stereocenters. The highest BCUT2D eigenvalue weighted by molar-refractivity contribution is 5.62. The third-order valence-corrected chi connectivity index (χ3v) is 2.88. The molecule has 0 radical (unpaired) electrons. The molecule has 1 aromatic heterocycles. The van der Waals surface area contributed by atoms with E-state index in [9.17, 15) is 0 Å². The van der Waals surface area contributed by atoms with Crippen LogP contribution in [0.25, 0.3) is 11.3 Å². The van der Waals surface area contributed by atoms with Crippen molar-refractivity contribution in [1.29, 1.82) is 0 Å². The molecule has 2 nitrogen and oxygen atoms in total. The molecule has 1 heterocycles. The fraction of sp³-hybridized carbons (Fsp3) is 0.333. The molecule has 1 aromatic carbocycles. The molecule has 0 N–H and O–H groups in total. The van der Waals surface area contributed by atoms with Crippen molar-refractivity contribution in [3.8, 4) is 11.3 Å². The smallest absolute Gasteiger partial charge is 0.0914 e. The van der Waals surface area contributed by atoms with Crippen LogP contribution < -0.4 is 0 Å². The molecule has 2 rings (SSSR count). The lowest BCUT2D eigenvalue weighted by molar-refractivity contribution is 0.590. The SMILES string of the molecule is Cc1nccnc1-c1cccc(C(C)(C)C)c1. The summed E-state index contributed by atoms with van der Waals surface area (Å²) < 4.78 is 0. The normalized spacial score (nSPS) is 11.5. The van der Waals surface area contributed by atoms with Crippen molar-refractivity contribution in [1.82, 2.24) is 9.97 Å². The first-order chi connectivity index (χ1) is 7.98. The van der Waals surface area contributed by atoms with Gasteiger partial charge in [0.15, 0.2) is 0 Å². The average molecular weight is 226 g/mol. The van der Waals surface area contributed by atoms with Crippen LogP contribution in [0.3, 0.4) is 0 Å². The topological polar surface area (TPSA) is 25.8 Å². The van der Waals surface area contributed by atoms with Gasteiger partial charge >= 0.3 is 0 Å². The Kier molecular flexibility index (Phi) is 2.97. The standard InChI is InChI=1S/C15H18N2/c1-11-14(17-9-8-16-11)12-6-5-7-13(10-12)15(2,3)4/h5-10H,1-4H3. The molecule has 88 valence electrons. The zero-order valence-corrected chi connectivity index (χ0v) is 10.9. The number of hydrogen-bond acceptors (Lipinski definition) is 2. The zero-order valence-electron chi connectivity index (χ0n) is 10.9. The summed E-state index contributed by atoms with van der Waals surface area (Å²) in [5.41, 5.74) is 4.56. The van der Waals surface area contributed by atoms with Gasteiger partial charge < -0.3 is 0 Å². The van der Waals surface area contributed by atoms with E-state index in [1.807, 2.05) is 6.92 Å². The molecule has 0 spiro atoms. The zero-order chi connectivity index (χ0) is 12.5. The Labute approximate surface area is 103 Å². The molecule has 0 aliphatic rings.